The number of aromatic amines is 1. The second-order valence-electron chi connectivity index (χ2n) is 6.97. The van der Waals surface area contributed by atoms with Gasteiger partial charge in [-0.25, -0.2) is 0 Å². The molecule has 27 heavy (non-hydrogen) atoms. The molecule has 2 heterocycles. The van der Waals surface area contributed by atoms with E-state index in [1.165, 1.54) is 0 Å². The standard InChI is InChI=1S/C21H21N3O3/c1-21(12-10-20(25)23-21)14-26-16-6-8-18(9-7-16)27-17-4-2-15(3-5-17)19-11-13-22-24-19/h2-9,11,13H,10,12,14H2,1H3,(H,22,24)(H,23,25)/t21-/m1/s1. The van der Waals surface area contributed by atoms with E-state index >= 15 is 0 Å². The van der Waals surface area contributed by atoms with Gasteiger partial charge >= 0.3 is 0 Å². The van der Waals surface area contributed by atoms with Gasteiger partial charge in [0.2, 0.25) is 5.91 Å². The zero-order chi connectivity index (χ0) is 18.7. The number of amides is 1. The number of nitrogens with zero attached hydrogens (tertiary/aromatic N) is 1. The van der Waals surface area contributed by atoms with Gasteiger partial charge in [-0.1, -0.05) is 0 Å². The van der Waals surface area contributed by atoms with Crippen molar-refractivity contribution in [3.05, 3.63) is 60.8 Å². The summed E-state index contributed by atoms with van der Waals surface area (Å²) in [5.41, 5.74) is 1.73. The molecule has 1 saturated heterocycles. The van der Waals surface area contributed by atoms with Gasteiger partial charge in [0.25, 0.3) is 0 Å². The van der Waals surface area contributed by atoms with Gasteiger partial charge in [0.05, 0.1) is 11.2 Å². The lowest BCUT2D eigenvalue weighted by Crippen LogP contribution is -2.43. The molecule has 3 aromatic rings. The Morgan fingerprint density at radius 3 is 2.26 bits per heavy atom. The van der Waals surface area contributed by atoms with Crippen molar-refractivity contribution in [3.63, 3.8) is 0 Å². The Morgan fingerprint density at radius 1 is 1.00 bits per heavy atom. The van der Waals surface area contributed by atoms with Gasteiger partial charge in [0.15, 0.2) is 0 Å². The van der Waals surface area contributed by atoms with Gasteiger partial charge in [-0.2, -0.15) is 5.10 Å². The van der Waals surface area contributed by atoms with Crippen molar-refractivity contribution >= 4 is 5.91 Å². The zero-order valence-electron chi connectivity index (χ0n) is 15.1. The minimum absolute atomic E-state index is 0.0865. The van der Waals surface area contributed by atoms with Crippen molar-refractivity contribution < 1.29 is 14.3 Å². The van der Waals surface area contributed by atoms with Gasteiger partial charge in [0.1, 0.15) is 23.9 Å². The fourth-order valence-corrected chi connectivity index (χ4v) is 3.06. The topological polar surface area (TPSA) is 76.2 Å². The maximum Gasteiger partial charge on any atom is 0.220 e. The summed E-state index contributed by atoms with van der Waals surface area (Å²) in [6.45, 7) is 2.45. The van der Waals surface area contributed by atoms with Gasteiger partial charge < -0.3 is 14.8 Å². The first-order valence-corrected chi connectivity index (χ1v) is 8.91. The molecule has 2 N–H and O–H groups in total. The Hall–Kier alpha value is -3.28. The summed E-state index contributed by atoms with van der Waals surface area (Å²) in [4.78, 5) is 11.4. The SMILES string of the molecule is C[C@]1(COc2ccc(Oc3ccc(-c4ccn[nH]4)cc3)cc2)CCC(=O)N1. The van der Waals surface area contributed by atoms with E-state index in [0.717, 1.165) is 34.9 Å². The predicted octanol–water partition coefficient (Wildman–Crippen LogP) is 3.92. The van der Waals surface area contributed by atoms with Crippen molar-refractivity contribution in [2.75, 3.05) is 6.61 Å². The van der Waals surface area contributed by atoms with Crippen LogP contribution in [-0.4, -0.2) is 28.3 Å². The van der Waals surface area contributed by atoms with Crippen molar-refractivity contribution in [2.45, 2.75) is 25.3 Å². The van der Waals surface area contributed by atoms with E-state index in [1.807, 2.05) is 61.5 Å². The molecule has 6 nitrogen and oxygen atoms in total. The first-order chi connectivity index (χ1) is 13.1. The van der Waals surface area contributed by atoms with Crippen LogP contribution in [0.2, 0.25) is 0 Å². The van der Waals surface area contributed by atoms with Crippen molar-refractivity contribution in [2.24, 2.45) is 0 Å². The lowest BCUT2D eigenvalue weighted by molar-refractivity contribution is -0.119. The molecule has 1 aliphatic rings. The normalized spacial score (nSPS) is 18.9. The molecule has 4 rings (SSSR count). The fraction of sp³-hybridized carbons (Fsp3) is 0.238. The van der Waals surface area contributed by atoms with Crippen LogP contribution in [0.1, 0.15) is 19.8 Å². The first kappa shape index (κ1) is 17.1. The molecule has 0 radical (unpaired) electrons. The van der Waals surface area contributed by atoms with Crippen LogP contribution in [0.4, 0.5) is 0 Å². The maximum absolute atomic E-state index is 11.4. The van der Waals surface area contributed by atoms with Crippen molar-refractivity contribution in [1.82, 2.24) is 15.5 Å². The van der Waals surface area contributed by atoms with Gasteiger partial charge in [-0.05, 0) is 73.5 Å². The molecule has 0 unspecified atom stereocenters. The molecule has 1 amide bonds. The number of hydrogen-bond donors (Lipinski definition) is 2. The highest BCUT2D eigenvalue weighted by atomic mass is 16.5. The number of benzene rings is 2. The van der Waals surface area contributed by atoms with E-state index in [4.69, 9.17) is 9.47 Å². The quantitative estimate of drug-likeness (QED) is 0.696. The minimum atomic E-state index is -0.289. The molecule has 1 fully saturated rings. The fourth-order valence-electron chi connectivity index (χ4n) is 3.06. The summed E-state index contributed by atoms with van der Waals surface area (Å²) in [6, 6.07) is 17.2. The highest BCUT2D eigenvalue weighted by Crippen LogP contribution is 2.27. The number of H-pyrrole nitrogens is 1. The van der Waals surface area contributed by atoms with Crippen LogP contribution < -0.4 is 14.8 Å². The van der Waals surface area contributed by atoms with Crippen LogP contribution in [0, 0.1) is 0 Å². The Morgan fingerprint density at radius 2 is 1.67 bits per heavy atom. The zero-order valence-corrected chi connectivity index (χ0v) is 15.1. The van der Waals surface area contributed by atoms with Crippen LogP contribution >= 0.6 is 0 Å². The Bertz CT molecular complexity index is 905. The van der Waals surface area contributed by atoms with E-state index in [1.54, 1.807) is 6.20 Å². The molecule has 2 aromatic carbocycles. The number of carbonyl (C=O) groups is 1. The van der Waals surface area contributed by atoms with Crippen LogP contribution in [0.5, 0.6) is 17.2 Å². The average Bonchev–Trinajstić information content (AvgIpc) is 3.32. The minimum Gasteiger partial charge on any atom is -0.491 e. The predicted molar refractivity (Wildman–Crippen MR) is 102 cm³/mol. The lowest BCUT2D eigenvalue weighted by Gasteiger charge is -2.24. The summed E-state index contributed by atoms with van der Waals surface area (Å²) in [7, 11) is 0. The number of hydrogen-bond acceptors (Lipinski definition) is 4. The van der Waals surface area contributed by atoms with Crippen LogP contribution in [-0.2, 0) is 4.79 Å². The molecule has 0 aliphatic carbocycles. The third-order valence-corrected chi connectivity index (χ3v) is 4.63. The number of carbonyl (C=O) groups excluding carboxylic acids is 1. The Balaban J connectivity index is 1.34. The van der Waals surface area contributed by atoms with Crippen molar-refractivity contribution in [3.8, 4) is 28.5 Å². The van der Waals surface area contributed by atoms with Crippen LogP contribution in [0.15, 0.2) is 60.8 Å². The maximum atomic E-state index is 11.4. The van der Waals surface area contributed by atoms with Crippen LogP contribution in [0.25, 0.3) is 11.3 Å². The Kier molecular flexibility index (Phi) is 4.54. The second-order valence-corrected chi connectivity index (χ2v) is 6.97. The molecule has 1 atom stereocenters. The molecule has 0 spiro atoms. The summed E-state index contributed by atoms with van der Waals surface area (Å²) >= 11 is 0. The second kappa shape index (κ2) is 7.15. The van der Waals surface area contributed by atoms with Gasteiger partial charge in [0, 0.05) is 12.6 Å². The number of rotatable bonds is 6. The average molecular weight is 363 g/mol. The van der Waals surface area contributed by atoms with E-state index in [0.29, 0.717) is 13.0 Å². The molecular weight excluding hydrogens is 342 g/mol. The summed E-state index contributed by atoms with van der Waals surface area (Å²) in [5.74, 6) is 2.33. The van der Waals surface area contributed by atoms with Gasteiger partial charge in [-0.3, -0.25) is 9.89 Å². The van der Waals surface area contributed by atoms with E-state index in [-0.39, 0.29) is 11.4 Å². The molecule has 0 saturated carbocycles. The first-order valence-electron chi connectivity index (χ1n) is 8.91. The number of nitrogens with one attached hydrogen (secondary N) is 2. The summed E-state index contributed by atoms with van der Waals surface area (Å²) in [6.07, 6.45) is 3.08. The molecule has 1 aliphatic heterocycles. The Labute approximate surface area is 157 Å². The lowest BCUT2D eigenvalue weighted by atomic mass is 10.0. The van der Waals surface area contributed by atoms with E-state index < -0.39 is 0 Å². The van der Waals surface area contributed by atoms with Gasteiger partial charge in [-0.15, -0.1) is 0 Å². The number of aromatic nitrogens is 2. The largest absolute Gasteiger partial charge is 0.491 e. The van der Waals surface area contributed by atoms with Crippen LogP contribution in [0.3, 0.4) is 0 Å². The van der Waals surface area contributed by atoms with E-state index in [9.17, 15) is 4.79 Å². The third kappa shape index (κ3) is 4.11. The number of ether oxygens (including phenoxy) is 2. The molecule has 138 valence electrons. The van der Waals surface area contributed by atoms with E-state index in [2.05, 4.69) is 15.5 Å². The third-order valence-electron chi connectivity index (χ3n) is 4.63. The monoisotopic (exact) mass is 363 g/mol. The molecule has 6 heteroatoms. The molecule has 1 aromatic heterocycles. The summed E-state index contributed by atoms with van der Waals surface area (Å²) < 4.78 is 11.7. The molecular formula is C21H21N3O3. The summed E-state index contributed by atoms with van der Waals surface area (Å²) in [5, 5.41) is 9.86. The smallest absolute Gasteiger partial charge is 0.220 e. The van der Waals surface area contributed by atoms with Crippen molar-refractivity contribution in [1.29, 1.82) is 0 Å². The highest BCUT2D eigenvalue weighted by Gasteiger charge is 2.33. The molecule has 0 bridgehead atoms. The highest BCUT2D eigenvalue weighted by molar-refractivity contribution is 5.79.